The fraction of sp³-hybridized carbons (Fsp3) is 0.440. The quantitative estimate of drug-likeness (QED) is 0.302. The summed E-state index contributed by atoms with van der Waals surface area (Å²) in [5, 5.41) is 1.45. The normalized spacial score (nSPS) is 22.3. The predicted octanol–water partition coefficient (Wildman–Crippen LogP) is 4.23. The highest BCUT2D eigenvalue weighted by molar-refractivity contribution is 6.35. The number of hydrogen-bond acceptors (Lipinski definition) is 0. The zero-order valence-electron chi connectivity index (χ0n) is 17.7. The van der Waals surface area contributed by atoms with Crippen molar-refractivity contribution in [2.75, 3.05) is 20.6 Å². The van der Waals surface area contributed by atoms with Crippen LogP contribution in [0.15, 0.2) is 54.1 Å². The van der Waals surface area contributed by atoms with Crippen molar-refractivity contribution in [3.05, 3.63) is 69.7 Å². The van der Waals surface area contributed by atoms with Crippen molar-refractivity contribution in [1.82, 2.24) is 0 Å². The molecule has 0 aliphatic heterocycles. The summed E-state index contributed by atoms with van der Waals surface area (Å²) in [6, 6.07) is 14.4. The molecule has 2 aromatic carbocycles. The molecule has 0 saturated heterocycles. The van der Waals surface area contributed by atoms with Gasteiger partial charge < -0.3 is 28.5 Å². The fourth-order valence-corrected chi connectivity index (χ4v) is 5.61. The van der Waals surface area contributed by atoms with Crippen LogP contribution in [-0.2, 0) is 6.54 Å². The van der Waals surface area contributed by atoms with Gasteiger partial charge in [-0.15, -0.1) is 0 Å². The van der Waals surface area contributed by atoms with Crippen molar-refractivity contribution in [2.24, 2.45) is 17.3 Å². The van der Waals surface area contributed by atoms with E-state index in [0.717, 1.165) is 45.6 Å². The fourth-order valence-electron chi connectivity index (χ4n) is 5.21. The first-order valence-electron chi connectivity index (χ1n) is 10.2. The van der Waals surface area contributed by atoms with Crippen LogP contribution in [0.3, 0.4) is 0 Å². The minimum Gasteiger partial charge on any atom is -1.00 e. The van der Waals surface area contributed by atoms with E-state index >= 15 is 0 Å². The number of quaternary nitrogens is 1. The van der Waals surface area contributed by atoms with E-state index < -0.39 is 0 Å². The van der Waals surface area contributed by atoms with Crippen LogP contribution in [0.25, 0.3) is 11.1 Å². The average Bonchev–Trinajstić information content (AvgIpc) is 2.63. The van der Waals surface area contributed by atoms with Gasteiger partial charge in [-0.2, -0.15) is 0 Å². The average molecular weight is 542 g/mol. The van der Waals surface area contributed by atoms with Gasteiger partial charge in [-0.25, -0.2) is 0 Å². The molecule has 0 aromatic heterocycles. The molecule has 0 unspecified atom stereocenters. The van der Waals surface area contributed by atoms with Crippen molar-refractivity contribution in [3.8, 4) is 11.1 Å². The highest BCUT2D eigenvalue weighted by Crippen LogP contribution is 2.59. The van der Waals surface area contributed by atoms with Crippen LogP contribution in [0, 0.1) is 17.3 Å². The van der Waals surface area contributed by atoms with Crippen molar-refractivity contribution >= 4 is 23.2 Å². The maximum absolute atomic E-state index is 6.36. The van der Waals surface area contributed by atoms with Crippen molar-refractivity contribution in [1.29, 1.82) is 0 Å². The van der Waals surface area contributed by atoms with Crippen LogP contribution in [0.1, 0.15) is 32.3 Å². The summed E-state index contributed by atoms with van der Waals surface area (Å²) >= 11 is 12.5. The molecular weight excluding hydrogens is 512 g/mol. The number of hydrogen-bond donors (Lipinski definition) is 0. The zero-order chi connectivity index (χ0) is 20.1. The van der Waals surface area contributed by atoms with Crippen LogP contribution >= 0.6 is 23.2 Å². The molecule has 4 heteroatoms. The number of fused-ring (bicyclic) bond motifs is 1. The van der Waals surface area contributed by atoms with Gasteiger partial charge in [-0.05, 0) is 59.4 Å². The largest absolute Gasteiger partial charge is 1.00 e. The summed E-state index contributed by atoms with van der Waals surface area (Å²) in [6.07, 6.45) is 5.20. The highest BCUT2D eigenvalue weighted by atomic mass is 127. The predicted molar refractivity (Wildman–Crippen MR) is 121 cm³/mol. The Kier molecular flexibility index (Phi) is 6.80. The smallest absolute Gasteiger partial charge is 0.104 e. The second-order valence-electron chi connectivity index (χ2n) is 9.89. The number of halogens is 3. The van der Waals surface area contributed by atoms with Crippen LogP contribution in [-0.4, -0.2) is 25.1 Å². The minimum atomic E-state index is 0. The number of likely N-dealkylation sites (N-methyl/N-ethyl adjacent to an activating group) is 1. The summed E-state index contributed by atoms with van der Waals surface area (Å²) in [7, 11) is 4.70. The first-order chi connectivity index (χ1) is 13.2. The summed E-state index contributed by atoms with van der Waals surface area (Å²) in [5.41, 5.74) is 5.64. The molecule has 1 saturated carbocycles. The molecular formula is C25H30Cl2IN. The van der Waals surface area contributed by atoms with Gasteiger partial charge in [0.05, 0.1) is 14.1 Å². The zero-order valence-corrected chi connectivity index (χ0v) is 21.4. The molecule has 1 nitrogen and oxygen atoms in total. The molecule has 156 valence electrons. The standard InChI is InChI=1S/C25H30Cl2N.HI/c1-25(2)20-10-9-19(23(25)13-20)16-28(3,4)15-17-5-7-18(8-6-17)22-14-21(26)11-12-24(22)27;/h5-9,11-12,14,20,23H,10,13,15-16H2,1-4H3;1H/q+1;/p-1/t20-,23-;/m0./s1. The van der Waals surface area contributed by atoms with Crippen LogP contribution < -0.4 is 24.0 Å². The van der Waals surface area contributed by atoms with E-state index in [2.05, 4.69) is 58.3 Å². The Morgan fingerprint density at radius 3 is 2.31 bits per heavy atom. The number of benzene rings is 2. The molecule has 0 amide bonds. The molecule has 29 heavy (non-hydrogen) atoms. The lowest BCUT2D eigenvalue weighted by atomic mass is 9.49. The Hall–Kier alpha value is -0.550. The Bertz CT molecular complexity index is 915. The molecule has 0 radical (unpaired) electrons. The Balaban J connectivity index is 0.00000240. The summed E-state index contributed by atoms with van der Waals surface area (Å²) in [4.78, 5) is 0. The van der Waals surface area contributed by atoms with Crippen LogP contribution in [0.2, 0.25) is 10.0 Å². The highest BCUT2D eigenvalue weighted by Gasteiger charge is 2.52. The third kappa shape index (κ3) is 4.71. The van der Waals surface area contributed by atoms with Gasteiger partial charge in [0.2, 0.25) is 0 Å². The molecule has 3 aliphatic rings. The molecule has 0 heterocycles. The maximum Gasteiger partial charge on any atom is 0.104 e. The topological polar surface area (TPSA) is 0 Å². The van der Waals surface area contributed by atoms with Gasteiger partial charge in [0, 0.05) is 21.2 Å². The Morgan fingerprint density at radius 1 is 1.00 bits per heavy atom. The molecule has 1 fully saturated rings. The minimum absolute atomic E-state index is 0. The van der Waals surface area contributed by atoms with Gasteiger partial charge in [-0.3, -0.25) is 0 Å². The molecule has 2 bridgehead atoms. The first kappa shape index (κ1) is 23.1. The molecule has 2 aromatic rings. The van der Waals surface area contributed by atoms with E-state index in [1.165, 1.54) is 18.4 Å². The number of rotatable bonds is 5. The lowest BCUT2D eigenvalue weighted by Gasteiger charge is -2.57. The second-order valence-corrected chi connectivity index (χ2v) is 10.7. The summed E-state index contributed by atoms with van der Waals surface area (Å²) in [6.45, 7) is 7.08. The van der Waals surface area contributed by atoms with Gasteiger partial charge in [-0.1, -0.05) is 67.4 Å². The lowest BCUT2D eigenvalue weighted by Crippen LogP contribution is -3.00. The third-order valence-corrected chi connectivity index (χ3v) is 7.56. The van der Waals surface area contributed by atoms with Gasteiger partial charge in [0.25, 0.3) is 0 Å². The summed E-state index contributed by atoms with van der Waals surface area (Å²) in [5.74, 6) is 1.69. The molecule has 3 aliphatic carbocycles. The van der Waals surface area contributed by atoms with Crippen LogP contribution in [0.5, 0.6) is 0 Å². The Morgan fingerprint density at radius 2 is 1.69 bits per heavy atom. The van der Waals surface area contributed by atoms with Gasteiger partial charge in [0.15, 0.2) is 0 Å². The van der Waals surface area contributed by atoms with E-state index in [0.29, 0.717) is 10.4 Å². The van der Waals surface area contributed by atoms with Gasteiger partial charge in [0.1, 0.15) is 13.1 Å². The number of nitrogens with zero attached hydrogens (tertiary/aromatic N) is 1. The van der Waals surface area contributed by atoms with Crippen molar-refractivity contribution in [2.45, 2.75) is 33.2 Å². The van der Waals surface area contributed by atoms with E-state index in [9.17, 15) is 0 Å². The van der Waals surface area contributed by atoms with E-state index in [1.54, 1.807) is 5.57 Å². The second kappa shape index (κ2) is 8.53. The van der Waals surface area contributed by atoms with Crippen molar-refractivity contribution in [3.63, 3.8) is 0 Å². The van der Waals surface area contributed by atoms with E-state index in [4.69, 9.17) is 23.2 Å². The van der Waals surface area contributed by atoms with E-state index in [-0.39, 0.29) is 24.0 Å². The maximum atomic E-state index is 6.36. The molecule has 0 N–H and O–H groups in total. The molecule has 0 spiro atoms. The van der Waals surface area contributed by atoms with Crippen LogP contribution in [0.4, 0.5) is 0 Å². The van der Waals surface area contributed by atoms with Crippen molar-refractivity contribution < 1.29 is 28.5 Å². The Labute approximate surface area is 202 Å². The summed E-state index contributed by atoms with van der Waals surface area (Å²) < 4.78 is 0.986. The van der Waals surface area contributed by atoms with Gasteiger partial charge >= 0.3 is 0 Å². The molecule has 5 rings (SSSR count). The number of allylic oxidation sites excluding steroid dienone is 1. The molecule has 2 atom stereocenters. The lowest BCUT2D eigenvalue weighted by molar-refractivity contribution is -0.899. The monoisotopic (exact) mass is 541 g/mol. The third-order valence-electron chi connectivity index (χ3n) is 7.00. The van der Waals surface area contributed by atoms with E-state index in [1.807, 2.05) is 18.2 Å². The first-order valence-corrected chi connectivity index (χ1v) is 11.0. The SMILES string of the molecule is CC1(C)[C@H]2CC=C(C[N+](C)(C)Cc3ccc(-c4cc(Cl)ccc4Cl)cc3)[C@@H]1C2.[I-].